The number of carbonyl (C=O) groups excluding carboxylic acids is 1. The highest BCUT2D eigenvalue weighted by atomic mass is 16.5. The molecule has 1 aromatic rings. The Bertz CT molecular complexity index is 375. The molecule has 0 radical (unpaired) electrons. The number of carbonyl (C=O) groups is 2. The summed E-state index contributed by atoms with van der Waals surface area (Å²) in [4.78, 5) is 19.5. The predicted octanol–water partition coefficient (Wildman–Crippen LogP) is -0.214. The third-order valence-corrected chi connectivity index (χ3v) is 1.12. The number of aromatic nitrogens is 1. The second kappa shape index (κ2) is 5.37. The maximum Gasteiger partial charge on any atom is 0.340 e. The second-order valence-electron chi connectivity index (χ2n) is 2.11. The van der Waals surface area contributed by atoms with Crippen LogP contribution in [0.5, 0.6) is 0 Å². The molecule has 0 aromatic carbocycles. The molecule has 0 unspecified atom stereocenters. The number of hydrogen-bond donors (Lipinski definition) is 2. The van der Waals surface area contributed by atoms with Gasteiger partial charge in [-0.25, -0.2) is 4.79 Å². The summed E-state index contributed by atoms with van der Waals surface area (Å²) in [7, 11) is 0. The molecule has 0 aliphatic rings. The molecule has 0 aliphatic heterocycles. The third kappa shape index (κ3) is 3.92. The van der Waals surface area contributed by atoms with Crippen LogP contribution in [0.3, 0.4) is 0 Å². The highest BCUT2D eigenvalue weighted by Crippen LogP contribution is 2.03. The van der Waals surface area contributed by atoms with E-state index in [2.05, 4.69) is 21.8 Å². The SMILES string of the molecule is C#CC(N)=O.Cc1oncc1C(=O)O. The van der Waals surface area contributed by atoms with Crippen LogP contribution in [0.4, 0.5) is 0 Å². The molecule has 0 bridgehead atoms. The van der Waals surface area contributed by atoms with Crippen molar-refractivity contribution < 1.29 is 19.2 Å². The van der Waals surface area contributed by atoms with Gasteiger partial charge in [0.25, 0.3) is 5.91 Å². The number of carboxylic acid groups (broad SMARTS) is 1. The van der Waals surface area contributed by atoms with Gasteiger partial charge in [-0.1, -0.05) is 5.16 Å². The predicted molar refractivity (Wildman–Crippen MR) is 46.2 cm³/mol. The van der Waals surface area contributed by atoms with Crippen LogP contribution >= 0.6 is 0 Å². The van der Waals surface area contributed by atoms with Crippen LogP contribution in [-0.4, -0.2) is 22.1 Å². The smallest absolute Gasteiger partial charge is 0.340 e. The summed E-state index contributed by atoms with van der Waals surface area (Å²) < 4.78 is 4.49. The van der Waals surface area contributed by atoms with E-state index >= 15 is 0 Å². The molecule has 3 N–H and O–H groups in total. The third-order valence-electron chi connectivity index (χ3n) is 1.12. The van der Waals surface area contributed by atoms with Gasteiger partial charge in [0, 0.05) is 0 Å². The molecule has 0 fully saturated rings. The van der Waals surface area contributed by atoms with Crippen molar-refractivity contribution in [3.8, 4) is 12.3 Å². The minimum absolute atomic E-state index is 0.120. The number of amides is 1. The van der Waals surface area contributed by atoms with Crippen molar-refractivity contribution in [3.63, 3.8) is 0 Å². The van der Waals surface area contributed by atoms with Crippen molar-refractivity contribution in [1.29, 1.82) is 0 Å². The van der Waals surface area contributed by atoms with Crippen LogP contribution in [0.15, 0.2) is 10.7 Å². The molecule has 6 nitrogen and oxygen atoms in total. The molecule has 74 valence electrons. The molecular weight excluding hydrogens is 188 g/mol. The first-order valence-corrected chi connectivity index (χ1v) is 3.39. The average molecular weight is 196 g/mol. The Morgan fingerprint density at radius 2 is 2.21 bits per heavy atom. The fourth-order valence-electron chi connectivity index (χ4n) is 0.504. The summed E-state index contributed by atoms with van der Waals surface area (Å²) in [6, 6.07) is 0. The monoisotopic (exact) mass is 196 g/mol. The van der Waals surface area contributed by atoms with Gasteiger partial charge in [0.15, 0.2) is 0 Å². The van der Waals surface area contributed by atoms with E-state index in [4.69, 9.17) is 5.11 Å². The molecule has 0 saturated heterocycles. The van der Waals surface area contributed by atoms with Gasteiger partial charge in [-0.2, -0.15) is 0 Å². The number of terminal acetylenes is 1. The Balaban J connectivity index is 0.000000292. The summed E-state index contributed by atoms with van der Waals surface area (Å²) in [5.41, 5.74) is 4.54. The van der Waals surface area contributed by atoms with E-state index in [1.807, 2.05) is 0 Å². The summed E-state index contributed by atoms with van der Waals surface area (Å²) in [6.45, 7) is 1.55. The van der Waals surface area contributed by atoms with Crippen molar-refractivity contribution in [2.24, 2.45) is 5.73 Å². The van der Waals surface area contributed by atoms with Crippen LogP contribution in [0.25, 0.3) is 0 Å². The Hall–Kier alpha value is -2.29. The fourth-order valence-corrected chi connectivity index (χ4v) is 0.504. The lowest BCUT2D eigenvalue weighted by molar-refractivity contribution is -0.112. The van der Waals surface area contributed by atoms with Gasteiger partial charge in [0.1, 0.15) is 11.3 Å². The highest BCUT2D eigenvalue weighted by molar-refractivity contribution is 5.91. The van der Waals surface area contributed by atoms with Crippen LogP contribution in [0.2, 0.25) is 0 Å². The summed E-state index contributed by atoms with van der Waals surface area (Å²) in [5, 5.41) is 11.6. The molecule has 0 spiro atoms. The lowest BCUT2D eigenvalue weighted by Crippen LogP contribution is -2.05. The van der Waals surface area contributed by atoms with Gasteiger partial charge in [-0.15, -0.1) is 6.42 Å². The van der Waals surface area contributed by atoms with E-state index in [0.717, 1.165) is 0 Å². The molecule has 1 heterocycles. The normalized spacial score (nSPS) is 8.00. The first kappa shape index (κ1) is 11.7. The standard InChI is InChI=1S/C5H5NO3.C3H3NO/c1-3-4(5(7)8)2-6-9-3;1-2-3(4)5/h2H,1H3,(H,7,8);1H,(H2,4,5). The van der Waals surface area contributed by atoms with Crippen molar-refractivity contribution in [1.82, 2.24) is 5.16 Å². The van der Waals surface area contributed by atoms with Gasteiger partial charge >= 0.3 is 5.97 Å². The Morgan fingerprint density at radius 1 is 1.71 bits per heavy atom. The van der Waals surface area contributed by atoms with Gasteiger partial charge in [0.05, 0.1) is 6.20 Å². The van der Waals surface area contributed by atoms with Crippen molar-refractivity contribution in [2.75, 3.05) is 0 Å². The average Bonchev–Trinajstić information content (AvgIpc) is 2.52. The van der Waals surface area contributed by atoms with Crippen molar-refractivity contribution in [2.45, 2.75) is 6.92 Å². The lowest BCUT2D eigenvalue weighted by Gasteiger charge is -1.82. The molecule has 0 atom stereocenters. The minimum Gasteiger partial charge on any atom is -0.478 e. The zero-order chi connectivity index (χ0) is 11.1. The quantitative estimate of drug-likeness (QED) is 0.604. The molecule has 1 rings (SSSR count). The van der Waals surface area contributed by atoms with Crippen LogP contribution in [-0.2, 0) is 4.79 Å². The van der Waals surface area contributed by atoms with Crippen molar-refractivity contribution in [3.05, 3.63) is 17.5 Å². The van der Waals surface area contributed by atoms with E-state index in [-0.39, 0.29) is 5.56 Å². The number of aromatic carboxylic acids is 1. The Morgan fingerprint density at radius 3 is 2.36 bits per heavy atom. The molecule has 0 aliphatic carbocycles. The lowest BCUT2D eigenvalue weighted by atomic mass is 10.3. The van der Waals surface area contributed by atoms with Gasteiger partial charge in [0.2, 0.25) is 0 Å². The molecule has 14 heavy (non-hydrogen) atoms. The van der Waals surface area contributed by atoms with E-state index in [1.54, 1.807) is 12.8 Å². The van der Waals surface area contributed by atoms with Gasteiger partial charge in [-0.3, -0.25) is 4.79 Å². The molecule has 6 heteroatoms. The molecule has 1 aromatic heterocycles. The summed E-state index contributed by atoms with van der Waals surface area (Å²) in [6.07, 6.45) is 5.62. The maximum atomic E-state index is 10.2. The maximum absolute atomic E-state index is 10.2. The topological polar surface area (TPSA) is 106 Å². The number of nitrogens with zero attached hydrogens (tertiary/aromatic N) is 1. The van der Waals surface area contributed by atoms with Gasteiger partial charge in [-0.05, 0) is 12.8 Å². The van der Waals surface area contributed by atoms with Crippen LogP contribution < -0.4 is 5.73 Å². The van der Waals surface area contributed by atoms with Crippen LogP contribution in [0, 0.1) is 19.3 Å². The Kier molecular flexibility index (Phi) is 4.49. The summed E-state index contributed by atoms with van der Waals surface area (Å²) >= 11 is 0. The fraction of sp³-hybridized carbons (Fsp3) is 0.125. The number of primary amides is 1. The van der Waals surface area contributed by atoms with E-state index in [1.165, 1.54) is 6.20 Å². The largest absolute Gasteiger partial charge is 0.478 e. The highest BCUT2D eigenvalue weighted by Gasteiger charge is 2.09. The number of rotatable bonds is 1. The minimum atomic E-state index is -1.01. The van der Waals surface area contributed by atoms with Gasteiger partial charge < -0.3 is 15.4 Å². The van der Waals surface area contributed by atoms with E-state index < -0.39 is 11.9 Å². The molecule has 1 amide bonds. The van der Waals surface area contributed by atoms with Crippen LogP contribution in [0.1, 0.15) is 16.1 Å². The van der Waals surface area contributed by atoms with E-state index in [9.17, 15) is 9.59 Å². The first-order valence-electron chi connectivity index (χ1n) is 3.39. The van der Waals surface area contributed by atoms with E-state index in [0.29, 0.717) is 5.76 Å². The van der Waals surface area contributed by atoms with Crippen molar-refractivity contribution >= 4 is 11.9 Å². The second-order valence-corrected chi connectivity index (χ2v) is 2.11. The number of nitrogens with two attached hydrogens (primary N) is 1. The number of carboxylic acids is 1. The zero-order valence-corrected chi connectivity index (χ0v) is 7.35. The molecular formula is C8H8N2O4. The summed E-state index contributed by atoms with van der Waals surface area (Å²) in [5.74, 6) is 0.279. The zero-order valence-electron chi connectivity index (χ0n) is 7.35. The Labute approximate surface area is 79.7 Å². The number of hydrogen-bond acceptors (Lipinski definition) is 4. The first-order chi connectivity index (χ1) is 6.49. The number of aryl methyl sites for hydroxylation is 1. The molecule has 0 saturated carbocycles.